The van der Waals surface area contributed by atoms with Crippen molar-refractivity contribution in [2.24, 2.45) is 5.73 Å². The van der Waals surface area contributed by atoms with E-state index in [0.717, 1.165) is 28.4 Å². The molecule has 3 rings (SSSR count). The Morgan fingerprint density at radius 2 is 2.00 bits per heavy atom. The van der Waals surface area contributed by atoms with Gasteiger partial charge in [-0.05, 0) is 38.1 Å². The zero-order valence-electron chi connectivity index (χ0n) is 11.1. The summed E-state index contributed by atoms with van der Waals surface area (Å²) in [6.45, 7) is 4.42. The van der Waals surface area contributed by atoms with Crippen LogP contribution in [0.15, 0.2) is 40.8 Å². The fourth-order valence-electron chi connectivity index (χ4n) is 2.54. The number of nitrogens with zero attached hydrogens (tertiary/aromatic N) is 2. The molecule has 0 bridgehead atoms. The predicted octanol–water partition coefficient (Wildman–Crippen LogP) is 2.79. The van der Waals surface area contributed by atoms with Gasteiger partial charge in [0.1, 0.15) is 23.4 Å². The first kappa shape index (κ1) is 12.0. The van der Waals surface area contributed by atoms with Crippen LogP contribution >= 0.6 is 0 Å². The van der Waals surface area contributed by atoms with E-state index in [9.17, 15) is 0 Å². The summed E-state index contributed by atoms with van der Waals surface area (Å²) in [5, 5.41) is 0. The molecule has 0 aliphatic rings. The highest BCUT2D eigenvalue weighted by Crippen LogP contribution is 2.26. The Kier molecular flexibility index (Phi) is 2.87. The number of benzene rings is 1. The molecule has 0 radical (unpaired) electrons. The molecule has 4 heteroatoms. The second kappa shape index (κ2) is 4.55. The van der Waals surface area contributed by atoms with Crippen LogP contribution in [0.1, 0.15) is 23.4 Å². The molecule has 19 heavy (non-hydrogen) atoms. The highest BCUT2D eigenvalue weighted by atomic mass is 16.3. The van der Waals surface area contributed by atoms with Crippen molar-refractivity contribution in [1.29, 1.82) is 0 Å². The molecule has 0 fully saturated rings. The maximum Gasteiger partial charge on any atom is 0.128 e. The highest BCUT2D eigenvalue weighted by molar-refractivity contribution is 5.76. The summed E-state index contributed by atoms with van der Waals surface area (Å²) in [6.07, 6.45) is 0. The summed E-state index contributed by atoms with van der Waals surface area (Å²) in [5.41, 5.74) is 8.03. The summed E-state index contributed by atoms with van der Waals surface area (Å²) in [4.78, 5) is 4.58. The van der Waals surface area contributed by atoms with Gasteiger partial charge in [-0.25, -0.2) is 4.98 Å². The first-order chi connectivity index (χ1) is 9.20. The number of aryl methyl sites for hydroxylation is 2. The van der Waals surface area contributed by atoms with Crippen molar-refractivity contribution in [3.05, 3.63) is 53.7 Å². The molecule has 2 N–H and O–H groups in total. The predicted molar refractivity (Wildman–Crippen MR) is 75.1 cm³/mol. The largest absolute Gasteiger partial charge is 0.464 e. The molecule has 2 heterocycles. The van der Waals surface area contributed by atoms with Gasteiger partial charge in [0.15, 0.2) is 0 Å². The van der Waals surface area contributed by atoms with Gasteiger partial charge in [0.05, 0.1) is 11.0 Å². The number of fused-ring (bicyclic) bond motifs is 1. The molecule has 0 aliphatic carbocycles. The molecule has 1 atom stereocenters. The molecule has 0 amide bonds. The summed E-state index contributed by atoms with van der Waals surface area (Å²) < 4.78 is 7.88. The molecule has 0 saturated carbocycles. The molecule has 0 spiro atoms. The molecule has 98 valence electrons. The third-order valence-electron chi connectivity index (χ3n) is 3.40. The van der Waals surface area contributed by atoms with Crippen LogP contribution in [0.3, 0.4) is 0 Å². The summed E-state index contributed by atoms with van der Waals surface area (Å²) in [6, 6.07) is 12.0. The third-order valence-corrected chi connectivity index (χ3v) is 3.40. The Balaban J connectivity index is 2.18. The van der Waals surface area contributed by atoms with Crippen molar-refractivity contribution >= 4 is 11.0 Å². The van der Waals surface area contributed by atoms with Crippen LogP contribution in [0.25, 0.3) is 11.0 Å². The number of furan rings is 1. The van der Waals surface area contributed by atoms with Gasteiger partial charge in [-0.1, -0.05) is 12.1 Å². The summed E-state index contributed by atoms with van der Waals surface area (Å²) in [5.74, 6) is 2.73. The topological polar surface area (TPSA) is 57.0 Å². The number of hydrogen-bond acceptors (Lipinski definition) is 3. The fourth-order valence-corrected chi connectivity index (χ4v) is 2.54. The normalized spacial score (nSPS) is 13.0. The number of imidazole rings is 1. The van der Waals surface area contributed by atoms with Crippen molar-refractivity contribution < 1.29 is 4.42 Å². The minimum Gasteiger partial charge on any atom is -0.464 e. The van der Waals surface area contributed by atoms with Crippen molar-refractivity contribution in [3.8, 4) is 0 Å². The van der Waals surface area contributed by atoms with E-state index in [2.05, 4.69) is 15.6 Å². The van der Waals surface area contributed by atoms with E-state index < -0.39 is 0 Å². The first-order valence-corrected chi connectivity index (χ1v) is 6.40. The standard InChI is InChI=1S/C15H17N3O/c1-10-7-8-15(19-10)14(9-16)18-11(2)17-12-5-3-4-6-13(12)18/h3-8,14H,9,16H2,1-2H3. The van der Waals surface area contributed by atoms with Gasteiger partial charge in [-0.15, -0.1) is 0 Å². The van der Waals surface area contributed by atoms with Crippen LogP contribution in [0.4, 0.5) is 0 Å². The third kappa shape index (κ3) is 1.94. The van der Waals surface area contributed by atoms with Gasteiger partial charge >= 0.3 is 0 Å². The van der Waals surface area contributed by atoms with E-state index in [-0.39, 0.29) is 6.04 Å². The van der Waals surface area contributed by atoms with Gasteiger partial charge < -0.3 is 14.7 Å². The van der Waals surface area contributed by atoms with E-state index >= 15 is 0 Å². The van der Waals surface area contributed by atoms with Crippen LogP contribution in [0, 0.1) is 13.8 Å². The summed E-state index contributed by atoms with van der Waals surface area (Å²) >= 11 is 0. The highest BCUT2D eigenvalue weighted by Gasteiger charge is 2.20. The van der Waals surface area contributed by atoms with Gasteiger partial charge in [-0.2, -0.15) is 0 Å². The smallest absolute Gasteiger partial charge is 0.128 e. The molecule has 4 nitrogen and oxygen atoms in total. The van der Waals surface area contributed by atoms with Gasteiger partial charge in [0, 0.05) is 6.54 Å². The number of nitrogens with two attached hydrogens (primary N) is 1. The SMILES string of the molecule is Cc1ccc(C(CN)n2c(C)nc3ccccc32)o1. The molecule has 2 aromatic heterocycles. The number of hydrogen-bond donors (Lipinski definition) is 1. The fraction of sp³-hybridized carbons (Fsp3) is 0.267. The van der Waals surface area contributed by atoms with E-state index in [1.165, 1.54) is 0 Å². The van der Waals surface area contributed by atoms with Crippen LogP contribution in [0.2, 0.25) is 0 Å². The average molecular weight is 255 g/mol. The lowest BCUT2D eigenvalue weighted by molar-refractivity contribution is 0.418. The second-order valence-electron chi connectivity index (χ2n) is 4.72. The lowest BCUT2D eigenvalue weighted by Gasteiger charge is -2.17. The number of aromatic nitrogens is 2. The van der Waals surface area contributed by atoms with Crippen LogP contribution < -0.4 is 5.73 Å². The maximum absolute atomic E-state index is 5.96. The van der Waals surface area contributed by atoms with Gasteiger partial charge in [0.25, 0.3) is 0 Å². The molecular weight excluding hydrogens is 238 g/mol. The van der Waals surface area contributed by atoms with Crippen molar-refractivity contribution in [2.75, 3.05) is 6.54 Å². The molecule has 3 aromatic rings. The Labute approximate surface area is 111 Å². The Morgan fingerprint density at radius 3 is 2.68 bits per heavy atom. The average Bonchev–Trinajstić information content (AvgIpc) is 2.96. The van der Waals surface area contributed by atoms with Crippen molar-refractivity contribution in [1.82, 2.24) is 9.55 Å². The first-order valence-electron chi connectivity index (χ1n) is 6.40. The lowest BCUT2D eigenvalue weighted by atomic mass is 10.2. The number of para-hydroxylation sites is 2. The Hall–Kier alpha value is -2.07. The van der Waals surface area contributed by atoms with E-state index in [1.807, 2.05) is 44.2 Å². The molecule has 0 saturated heterocycles. The Bertz CT molecular complexity index is 711. The zero-order valence-corrected chi connectivity index (χ0v) is 11.1. The van der Waals surface area contributed by atoms with E-state index in [1.54, 1.807) is 0 Å². The Morgan fingerprint density at radius 1 is 1.21 bits per heavy atom. The quantitative estimate of drug-likeness (QED) is 0.783. The molecular formula is C15H17N3O. The van der Waals surface area contributed by atoms with Gasteiger partial charge in [0.2, 0.25) is 0 Å². The molecule has 1 unspecified atom stereocenters. The van der Waals surface area contributed by atoms with Crippen LogP contribution in [-0.2, 0) is 0 Å². The van der Waals surface area contributed by atoms with E-state index in [0.29, 0.717) is 6.54 Å². The number of rotatable bonds is 3. The molecule has 1 aromatic carbocycles. The second-order valence-corrected chi connectivity index (χ2v) is 4.72. The van der Waals surface area contributed by atoms with Crippen molar-refractivity contribution in [2.45, 2.75) is 19.9 Å². The van der Waals surface area contributed by atoms with Gasteiger partial charge in [-0.3, -0.25) is 0 Å². The van der Waals surface area contributed by atoms with Crippen molar-refractivity contribution in [3.63, 3.8) is 0 Å². The zero-order chi connectivity index (χ0) is 13.4. The minimum absolute atomic E-state index is 0.0129. The lowest BCUT2D eigenvalue weighted by Crippen LogP contribution is -2.21. The van der Waals surface area contributed by atoms with E-state index in [4.69, 9.17) is 10.2 Å². The van der Waals surface area contributed by atoms with Crippen LogP contribution in [0.5, 0.6) is 0 Å². The summed E-state index contributed by atoms with van der Waals surface area (Å²) in [7, 11) is 0. The molecule has 0 aliphatic heterocycles. The minimum atomic E-state index is -0.0129. The monoisotopic (exact) mass is 255 g/mol. The van der Waals surface area contributed by atoms with Crippen LogP contribution in [-0.4, -0.2) is 16.1 Å². The maximum atomic E-state index is 5.96.